The van der Waals surface area contributed by atoms with Crippen LogP contribution in [0.3, 0.4) is 0 Å². The normalized spacial score (nSPS) is 53.6. The van der Waals surface area contributed by atoms with Crippen LogP contribution in [0.5, 0.6) is 0 Å². The molecule has 2 bridgehead atoms. The summed E-state index contributed by atoms with van der Waals surface area (Å²) in [4.78, 5) is 0. The maximum atomic E-state index is 5.69. The Labute approximate surface area is 60.7 Å². The molecule has 3 aliphatic carbocycles. The monoisotopic (exact) mass is 211 g/mol. The topological polar surface area (TPSA) is 26.0 Å². The van der Waals surface area contributed by atoms with Gasteiger partial charge in [-0.05, 0) is 25.2 Å². The Morgan fingerprint density at radius 1 is 1.29 bits per heavy atom. The molecule has 2 N–H and O–H groups in total. The highest BCUT2D eigenvalue weighted by Gasteiger charge is 2.53. The highest BCUT2D eigenvalue weighted by atomic mass is 127. The molecule has 3 rings (SSSR count). The molecule has 0 heterocycles. The van der Waals surface area contributed by atoms with Crippen molar-refractivity contribution in [2.75, 3.05) is 0 Å². The third-order valence-electron chi connectivity index (χ3n) is 2.09. The largest absolute Gasteiger partial charge is 0.325 e. The van der Waals surface area contributed by atoms with E-state index in [0.29, 0.717) is 5.54 Å². The lowest BCUT2D eigenvalue weighted by Crippen LogP contribution is -2.64. The van der Waals surface area contributed by atoms with Crippen LogP contribution in [0.2, 0.25) is 0 Å². The van der Waals surface area contributed by atoms with Crippen molar-refractivity contribution in [3.63, 3.8) is 0 Å². The van der Waals surface area contributed by atoms with E-state index in [1.165, 1.54) is 19.3 Å². The van der Waals surface area contributed by atoms with Crippen LogP contribution in [0.4, 0.5) is 0 Å². The van der Waals surface area contributed by atoms with E-state index in [9.17, 15) is 0 Å². The number of rotatable bonds is 0. The Kier molecular flexibility index (Phi) is 1.12. The number of hydrogen-bond acceptors (Lipinski definition) is 1. The first-order valence-corrected chi connectivity index (χ1v) is 2.57. The Morgan fingerprint density at radius 2 is 1.57 bits per heavy atom. The van der Waals surface area contributed by atoms with Crippen LogP contribution in [0, 0.1) is 5.92 Å². The summed E-state index contributed by atoms with van der Waals surface area (Å²) in [6, 6.07) is 0. The quantitative estimate of drug-likeness (QED) is 0.597. The molecule has 0 aromatic carbocycles. The summed E-state index contributed by atoms with van der Waals surface area (Å²) in [5, 5.41) is 0. The number of hydrogen-bond donors (Lipinski definition) is 1. The van der Waals surface area contributed by atoms with E-state index >= 15 is 0 Å². The van der Waals surface area contributed by atoms with Crippen molar-refractivity contribution < 1.29 is 0 Å². The lowest BCUT2D eigenvalue weighted by molar-refractivity contribution is -0.0170. The molecule has 42 valence electrons. The fourth-order valence-corrected chi connectivity index (χ4v) is 1.55. The van der Waals surface area contributed by atoms with Gasteiger partial charge in [-0.2, -0.15) is 0 Å². The van der Waals surface area contributed by atoms with E-state index < -0.39 is 0 Å². The Balaban J connectivity index is 0.000000245. The molecule has 0 amide bonds. The first kappa shape index (κ1) is 5.82. The maximum absolute atomic E-state index is 5.69. The molecule has 7 heavy (non-hydrogen) atoms. The molecule has 0 atom stereocenters. The minimum atomic E-state index is 0. The zero-order chi connectivity index (χ0) is 4.20. The standard InChI is InChI=1S/C5H9N.HI/c6-5-1-4(2-5)3-5;/h4H,1-3,6H2;1H. The third kappa shape index (κ3) is 0.598. The van der Waals surface area contributed by atoms with E-state index in [1.54, 1.807) is 0 Å². The second kappa shape index (κ2) is 1.35. The minimum absolute atomic E-state index is 0. The second-order valence-electron chi connectivity index (χ2n) is 2.84. The van der Waals surface area contributed by atoms with Gasteiger partial charge in [-0.25, -0.2) is 0 Å². The van der Waals surface area contributed by atoms with Gasteiger partial charge >= 0.3 is 0 Å². The van der Waals surface area contributed by atoms with Gasteiger partial charge in [0.2, 0.25) is 0 Å². The summed E-state index contributed by atoms with van der Waals surface area (Å²) in [5.74, 6) is 1.05. The van der Waals surface area contributed by atoms with Crippen molar-refractivity contribution in [3.8, 4) is 0 Å². The highest BCUT2D eigenvalue weighted by Crippen LogP contribution is 2.54. The zero-order valence-electron chi connectivity index (χ0n) is 4.18. The molecule has 0 aromatic heterocycles. The van der Waals surface area contributed by atoms with Gasteiger partial charge in [-0.1, -0.05) is 0 Å². The molecular formula is C5H10IN. The van der Waals surface area contributed by atoms with Gasteiger partial charge in [0, 0.05) is 5.54 Å². The summed E-state index contributed by atoms with van der Waals surface area (Å²) in [5.41, 5.74) is 6.05. The molecule has 0 spiro atoms. The smallest absolute Gasteiger partial charge is 0.0162 e. The van der Waals surface area contributed by atoms with Gasteiger partial charge in [0.25, 0.3) is 0 Å². The zero-order valence-corrected chi connectivity index (χ0v) is 6.51. The summed E-state index contributed by atoms with van der Waals surface area (Å²) in [6.07, 6.45) is 3.98. The van der Waals surface area contributed by atoms with Gasteiger partial charge in [0.1, 0.15) is 0 Å². The molecule has 0 aliphatic heterocycles. The summed E-state index contributed by atoms with van der Waals surface area (Å²) >= 11 is 0. The molecule has 0 aromatic rings. The van der Waals surface area contributed by atoms with E-state index in [-0.39, 0.29) is 24.0 Å². The van der Waals surface area contributed by atoms with Crippen LogP contribution in [-0.2, 0) is 0 Å². The molecular weight excluding hydrogens is 201 g/mol. The van der Waals surface area contributed by atoms with Gasteiger partial charge in [0.15, 0.2) is 0 Å². The minimum Gasteiger partial charge on any atom is -0.325 e. The van der Waals surface area contributed by atoms with Crippen LogP contribution < -0.4 is 5.73 Å². The van der Waals surface area contributed by atoms with E-state index in [2.05, 4.69) is 0 Å². The van der Waals surface area contributed by atoms with Gasteiger partial charge < -0.3 is 5.73 Å². The van der Waals surface area contributed by atoms with Crippen LogP contribution in [-0.4, -0.2) is 5.54 Å². The average molecular weight is 211 g/mol. The Hall–Kier alpha value is 0.690. The van der Waals surface area contributed by atoms with Crippen molar-refractivity contribution in [3.05, 3.63) is 0 Å². The highest BCUT2D eigenvalue weighted by molar-refractivity contribution is 14.0. The molecule has 3 saturated carbocycles. The molecule has 0 unspecified atom stereocenters. The number of nitrogens with two attached hydrogens (primary N) is 1. The first-order valence-electron chi connectivity index (χ1n) is 2.57. The van der Waals surface area contributed by atoms with Crippen molar-refractivity contribution in [2.45, 2.75) is 24.8 Å². The van der Waals surface area contributed by atoms with E-state index in [0.717, 1.165) is 5.92 Å². The third-order valence-corrected chi connectivity index (χ3v) is 2.09. The van der Waals surface area contributed by atoms with Gasteiger partial charge in [-0.15, -0.1) is 24.0 Å². The predicted octanol–water partition coefficient (Wildman–Crippen LogP) is 1.12. The van der Waals surface area contributed by atoms with Crippen molar-refractivity contribution in [1.82, 2.24) is 0 Å². The summed E-state index contributed by atoms with van der Waals surface area (Å²) < 4.78 is 0. The van der Waals surface area contributed by atoms with Crippen molar-refractivity contribution in [1.29, 1.82) is 0 Å². The average Bonchev–Trinajstić information content (AvgIpc) is 1.24. The number of halogens is 1. The second-order valence-corrected chi connectivity index (χ2v) is 2.84. The summed E-state index contributed by atoms with van der Waals surface area (Å²) in [6.45, 7) is 0. The van der Waals surface area contributed by atoms with E-state index in [4.69, 9.17) is 5.73 Å². The lowest BCUT2D eigenvalue weighted by Gasteiger charge is -2.59. The maximum Gasteiger partial charge on any atom is 0.0162 e. The predicted molar refractivity (Wildman–Crippen MR) is 39.7 cm³/mol. The fourth-order valence-electron chi connectivity index (χ4n) is 1.55. The first-order chi connectivity index (χ1) is 2.79. The van der Waals surface area contributed by atoms with Crippen LogP contribution in [0.1, 0.15) is 19.3 Å². The van der Waals surface area contributed by atoms with Crippen LogP contribution in [0.25, 0.3) is 0 Å². The van der Waals surface area contributed by atoms with Crippen LogP contribution >= 0.6 is 24.0 Å². The molecule has 3 aliphatic rings. The lowest BCUT2D eigenvalue weighted by atomic mass is 9.50. The van der Waals surface area contributed by atoms with E-state index in [1.807, 2.05) is 0 Å². The molecule has 0 radical (unpaired) electrons. The summed E-state index contributed by atoms with van der Waals surface area (Å²) in [7, 11) is 0. The molecule has 1 nitrogen and oxygen atoms in total. The Bertz CT molecular complexity index is 75.1. The van der Waals surface area contributed by atoms with Crippen molar-refractivity contribution in [2.24, 2.45) is 11.7 Å². The SMILES string of the molecule is I.NC12CC(C1)C2. The molecule has 3 fully saturated rings. The van der Waals surface area contributed by atoms with Crippen molar-refractivity contribution >= 4 is 24.0 Å². The Morgan fingerprint density at radius 3 is 1.57 bits per heavy atom. The molecule has 0 saturated heterocycles. The fraction of sp³-hybridized carbons (Fsp3) is 1.00. The van der Waals surface area contributed by atoms with Gasteiger partial charge in [0.05, 0.1) is 0 Å². The van der Waals surface area contributed by atoms with Gasteiger partial charge in [-0.3, -0.25) is 0 Å². The molecule has 2 heteroatoms. The van der Waals surface area contributed by atoms with Crippen LogP contribution in [0.15, 0.2) is 0 Å².